The van der Waals surface area contributed by atoms with Crippen LogP contribution in [0.5, 0.6) is 0 Å². The highest BCUT2D eigenvalue weighted by molar-refractivity contribution is 6.33. The van der Waals surface area contributed by atoms with Crippen molar-refractivity contribution in [3.63, 3.8) is 0 Å². The molecule has 0 aliphatic rings. The monoisotopic (exact) mass is 274 g/mol. The van der Waals surface area contributed by atoms with Crippen molar-refractivity contribution in [1.82, 2.24) is 5.32 Å². The second kappa shape index (κ2) is 6.25. The summed E-state index contributed by atoms with van der Waals surface area (Å²) in [5.74, 6) is -0.198. The van der Waals surface area contributed by atoms with E-state index < -0.39 is 0 Å². The van der Waals surface area contributed by atoms with E-state index in [2.05, 4.69) is 5.32 Å². The largest absolute Gasteiger partial charge is 0.397 e. The van der Waals surface area contributed by atoms with Crippen LogP contribution in [0.15, 0.2) is 48.5 Å². The first-order valence-corrected chi connectivity index (χ1v) is 6.42. The van der Waals surface area contributed by atoms with Gasteiger partial charge >= 0.3 is 0 Å². The minimum absolute atomic E-state index is 0.198. The van der Waals surface area contributed by atoms with E-state index in [1.54, 1.807) is 18.2 Å². The van der Waals surface area contributed by atoms with Gasteiger partial charge in [0.15, 0.2) is 0 Å². The number of rotatable bonds is 4. The Morgan fingerprint density at radius 2 is 1.84 bits per heavy atom. The lowest BCUT2D eigenvalue weighted by molar-refractivity contribution is 0.0955. The Morgan fingerprint density at radius 3 is 2.58 bits per heavy atom. The average Bonchev–Trinajstić information content (AvgIpc) is 2.43. The van der Waals surface area contributed by atoms with Gasteiger partial charge in [0.2, 0.25) is 0 Å². The van der Waals surface area contributed by atoms with Crippen molar-refractivity contribution in [2.75, 3.05) is 12.3 Å². The molecule has 0 aliphatic heterocycles. The molecule has 3 nitrogen and oxygen atoms in total. The van der Waals surface area contributed by atoms with Crippen molar-refractivity contribution in [1.29, 1.82) is 0 Å². The van der Waals surface area contributed by atoms with Crippen molar-refractivity contribution in [3.05, 3.63) is 64.7 Å². The summed E-state index contributed by atoms with van der Waals surface area (Å²) in [5.41, 5.74) is 7.69. The molecule has 3 N–H and O–H groups in total. The van der Waals surface area contributed by atoms with Crippen molar-refractivity contribution in [2.45, 2.75) is 6.42 Å². The quantitative estimate of drug-likeness (QED) is 0.843. The van der Waals surface area contributed by atoms with Gasteiger partial charge in [-0.1, -0.05) is 48.0 Å². The van der Waals surface area contributed by atoms with Gasteiger partial charge in [-0.2, -0.15) is 0 Å². The van der Waals surface area contributed by atoms with Gasteiger partial charge in [0.25, 0.3) is 5.91 Å². The fraction of sp³-hybridized carbons (Fsp3) is 0.133. The Bertz CT molecular complexity index is 570. The Morgan fingerprint density at radius 1 is 1.11 bits per heavy atom. The highest BCUT2D eigenvalue weighted by Crippen LogP contribution is 2.22. The molecule has 0 aliphatic carbocycles. The number of halogens is 1. The molecule has 0 fully saturated rings. The van der Waals surface area contributed by atoms with E-state index in [1.165, 1.54) is 5.56 Å². The third-order valence-corrected chi connectivity index (χ3v) is 3.17. The zero-order valence-electron chi connectivity index (χ0n) is 10.4. The van der Waals surface area contributed by atoms with Crippen LogP contribution >= 0.6 is 11.6 Å². The fourth-order valence-corrected chi connectivity index (χ4v) is 1.97. The molecule has 0 bridgehead atoms. The van der Waals surface area contributed by atoms with E-state index in [-0.39, 0.29) is 5.91 Å². The molecule has 0 aromatic heterocycles. The maximum absolute atomic E-state index is 12.0. The maximum atomic E-state index is 12.0. The summed E-state index contributed by atoms with van der Waals surface area (Å²) < 4.78 is 0. The summed E-state index contributed by atoms with van der Waals surface area (Å²) in [5, 5.41) is 3.24. The molecule has 2 rings (SSSR count). The van der Waals surface area contributed by atoms with Gasteiger partial charge in [-0.3, -0.25) is 4.79 Å². The zero-order chi connectivity index (χ0) is 13.7. The number of carbonyl (C=O) groups excluding carboxylic acids is 1. The first kappa shape index (κ1) is 13.4. The molecular formula is C15H15ClN2O. The molecule has 0 saturated heterocycles. The molecule has 0 unspecified atom stereocenters. The lowest BCUT2D eigenvalue weighted by atomic mass is 10.1. The number of carbonyl (C=O) groups is 1. The minimum atomic E-state index is -0.198. The number of nitrogen functional groups attached to an aromatic ring is 1. The molecule has 0 heterocycles. The van der Waals surface area contributed by atoms with Crippen LogP contribution in [-0.2, 0) is 6.42 Å². The molecule has 98 valence electrons. The second-order valence-corrected chi connectivity index (χ2v) is 4.60. The van der Waals surface area contributed by atoms with Gasteiger partial charge in [0.1, 0.15) is 0 Å². The maximum Gasteiger partial charge on any atom is 0.253 e. The van der Waals surface area contributed by atoms with Gasteiger partial charge < -0.3 is 11.1 Å². The van der Waals surface area contributed by atoms with Crippen molar-refractivity contribution >= 4 is 23.2 Å². The first-order chi connectivity index (χ1) is 9.18. The predicted molar refractivity (Wildman–Crippen MR) is 78.3 cm³/mol. The number of hydrogen-bond donors (Lipinski definition) is 2. The zero-order valence-corrected chi connectivity index (χ0v) is 11.2. The van der Waals surface area contributed by atoms with Crippen LogP contribution < -0.4 is 11.1 Å². The van der Waals surface area contributed by atoms with Crippen LogP contribution in [0.2, 0.25) is 5.02 Å². The molecule has 2 aromatic rings. The second-order valence-electron chi connectivity index (χ2n) is 4.19. The van der Waals surface area contributed by atoms with E-state index >= 15 is 0 Å². The Balaban J connectivity index is 1.93. The number of amides is 1. The van der Waals surface area contributed by atoms with E-state index in [9.17, 15) is 4.79 Å². The summed E-state index contributed by atoms with van der Waals surface area (Å²) >= 11 is 5.88. The molecule has 0 radical (unpaired) electrons. The third-order valence-electron chi connectivity index (χ3n) is 2.84. The van der Waals surface area contributed by atoms with Gasteiger partial charge in [-0.05, 0) is 24.1 Å². The Kier molecular flexibility index (Phi) is 4.42. The highest BCUT2D eigenvalue weighted by Gasteiger charge is 2.10. The number of nitrogens with two attached hydrogens (primary N) is 1. The fourth-order valence-electron chi connectivity index (χ4n) is 1.80. The van der Waals surface area contributed by atoms with E-state index in [0.717, 1.165) is 6.42 Å². The van der Waals surface area contributed by atoms with E-state index in [1.807, 2.05) is 30.3 Å². The van der Waals surface area contributed by atoms with Gasteiger partial charge in [-0.25, -0.2) is 0 Å². The van der Waals surface area contributed by atoms with Gasteiger partial charge in [-0.15, -0.1) is 0 Å². The van der Waals surface area contributed by atoms with Crippen molar-refractivity contribution in [3.8, 4) is 0 Å². The SMILES string of the molecule is Nc1c(Cl)cccc1C(=O)NCCc1ccccc1. The number of nitrogens with one attached hydrogen (secondary N) is 1. The average molecular weight is 275 g/mol. The van der Waals surface area contributed by atoms with Gasteiger partial charge in [0.05, 0.1) is 16.3 Å². The number of benzene rings is 2. The lowest BCUT2D eigenvalue weighted by Gasteiger charge is -2.08. The van der Waals surface area contributed by atoms with E-state index in [0.29, 0.717) is 22.8 Å². The van der Waals surface area contributed by atoms with Crippen LogP contribution in [0.25, 0.3) is 0 Å². The predicted octanol–water partition coefficient (Wildman–Crippen LogP) is 2.89. The number of para-hydroxylation sites is 1. The molecule has 1 amide bonds. The standard InChI is InChI=1S/C15H15ClN2O/c16-13-8-4-7-12(14(13)17)15(19)18-10-9-11-5-2-1-3-6-11/h1-8H,9-10,17H2,(H,18,19). The lowest BCUT2D eigenvalue weighted by Crippen LogP contribution is -2.26. The Hall–Kier alpha value is -2.00. The number of hydrogen-bond acceptors (Lipinski definition) is 2. The van der Waals surface area contributed by atoms with Crippen LogP contribution in [0, 0.1) is 0 Å². The molecule has 4 heteroatoms. The summed E-state index contributed by atoms with van der Waals surface area (Å²) in [7, 11) is 0. The normalized spacial score (nSPS) is 10.2. The molecule has 2 aromatic carbocycles. The molecule has 0 spiro atoms. The minimum Gasteiger partial charge on any atom is -0.397 e. The first-order valence-electron chi connectivity index (χ1n) is 6.04. The smallest absolute Gasteiger partial charge is 0.253 e. The van der Waals surface area contributed by atoms with Gasteiger partial charge in [0, 0.05) is 6.54 Å². The summed E-state index contributed by atoms with van der Waals surface area (Å²) in [6.45, 7) is 0.564. The Labute approximate surface area is 117 Å². The number of anilines is 1. The molecule has 0 saturated carbocycles. The van der Waals surface area contributed by atoms with Crippen LogP contribution in [0.3, 0.4) is 0 Å². The third kappa shape index (κ3) is 3.48. The highest BCUT2D eigenvalue weighted by atomic mass is 35.5. The van der Waals surface area contributed by atoms with Crippen molar-refractivity contribution in [2.24, 2.45) is 0 Å². The van der Waals surface area contributed by atoms with E-state index in [4.69, 9.17) is 17.3 Å². The van der Waals surface area contributed by atoms with Crippen LogP contribution in [-0.4, -0.2) is 12.5 Å². The topological polar surface area (TPSA) is 55.1 Å². The molecular weight excluding hydrogens is 260 g/mol. The van der Waals surface area contributed by atoms with Crippen LogP contribution in [0.4, 0.5) is 5.69 Å². The van der Waals surface area contributed by atoms with Crippen molar-refractivity contribution < 1.29 is 4.79 Å². The summed E-state index contributed by atoms with van der Waals surface area (Å²) in [4.78, 5) is 12.0. The molecule has 19 heavy (non-hydrogen) atoms. The summed E-state index contributed by atoms with van der Waals surface area (Å²) in [6, 6.07) is 15.0. The van der Waals surface area contributed by atoms with Crippen LogP contribution in [0.1, 0.15) is 15.9 Å². The molecule has 0 atom stereocenters. The summed E-state index contributed by atoms with van der Waals surface area (Å²) in [6.07, 6.45) is 0.785.